The standard InChI is InChI=1S/C31H34ClNO5/c1-20(2)26-15-22(25-7-3-4-8-27(25)32)17-37-31(26)21-11-13-23(14-12-21)35-19-30(34)33-16-24-18-36-28-9-5-6-10-29(28)38-24/h3-14,20,22,24,26,31H,15-19H2,1-2H3,(H,33,34)/t22-,24?,26-,31-/m0/s1. The fraction of sp³-hybridized carbons (Fsp3) is 0.387. The molecular weight excluding hydrogens is 502 g/mol. The van der Waals surface area contributed by atoms with Gasteiger partial charge in [0.25, 0.3) is 5.91 Å². The first-order chi connectivity index (χ1) is 18.5. The van der Waals surface area contributed by atoms with E-state index in [0.717, 1.165) is 28.3 Å². The Morgan fingerprint density at radius 3 is 2.50 bits per heavy atom. The maximum absolute atomic E-state index is 12.3. The van der Waals surface area contributed by atoms with Crippen LogP contribution in [0.2, 0.25) is 5.02 Å². The smallest absolute Gasteiger partial charge is 0.258 e. The van der Waals surface area contributed by atoms with Crippen LogP contribution in [0.4, 0.5) is 0 Å². The lowest BCUT2D eigenvalue weighted by Crippen LogP contribution is -2.42. The summed E-state index contributed by atoms with van der Waals surface area (Å²) in [5, 5.41) is 3.66. The number of rotatable bonds is 8. The average Bonchev–Trinajstić information content (AvgIpc) is 2.95. The first-order valence-corrected chi connectivity index (χ1v) is 13.6. The minimum absolute atomic E-state index is 0.00827. The Balaban J connectivity index is 1.11. The number of ether oxygens (including phenoxy) is 4. The predicted octanol–water partition coefficient (Wildman–Crippen LogP) is 6.19. The van der Waals surface area contributed by atoms with Gasteiger partial charge in [0.2, 0.25) is 0 Å². The summed E-state index contributed by atoms with van der Waals surface area (Å²) < 4.78 is 23.7. The van der Waals surface area contributed by atoms with Gasteiger partial charge in [0, 0.05) is 10.9 Å². The Morgan fingerprint density at radius 2 is 1.74 bits per heavy atom. The molecule has 38 heavy (non-hydrogen) atoms. The normalized spacial score (nSPS) is 22.6. The third-order valence-electron chi connectivity index (χ3n) is 7.30. The second-order valence-corrected chi connectivity index (χ2v) is 10.7. The summed E-state index contributed by atoms with van der Waals surface area (Å²) in [7, 11) is 0. The van der Waals surface area contributed by atoms with Crippen molar-refractivity contribution in [1.29, 1.82) is 0 Å². The van der Waals surface area contributed by atoms with Gasteiger partial charge in [0.1, 0.15) is 18.5 Å². The third kappa shape index (κ3) is 6.25. The van der Waals surface area contributed by atoms with Gasteiger partial charge in [0.05, 0.1) is 19.3 Å². The Labute approximate surface area is 229 Å². The fourth-order valence-electron chi connectivity index (χ4n) is 5.20. The number of fused-ring (bicyclic) bond motifs is 1. The molecule has 3 aromatic carbocycles. The fourth-order valence-corrected chi connectivity index (χ4v) is 5.49. The van der Waals surface area contributed by atoms with E-state index in [1.165, 1.54) is 0 Å². The van der Waals surface area contributed by atoms with E-state index in [-0.39, 0.29) is 30.6 Å². The van der Waals surface area contributed by atoms with E-state index >= 15 is 0 Å². The number of hydrogen-bond acceptors (Lipinski definition) is 5. The summed E-state index contributed by atoms with van der Waals surface area (Å²) in [4.78, 5) is 12.3. The summed E-state index contributed by atoms with van der Waals surface area (Å²) >= 11 is 6.48. The summed E-state index contributed by atoms with van der Waals surface area (Å²) in [5.41, 5.74) is 2.28. The Bertz CT molecular complexity index is 1230. The topological polar surface area (TPSA) is 66.0 Å². The molecule has 1 N–H and O–H groups in total. The number of hydrogen-bond donors (Lipinski definition) is 1. The maximum atomic E-state index is 12.3. The van der Waals surface area contributed by atoms with Crippen molar-refractivity contribution < 1.29 is 23.7 Å². The number of carbonyl (C=O) groups is 1. The lowest BCUT2D eigenvalue weighted by molar-refractivity contribution is -0.123. The van der Waals surface area contributed by atoms with Gasteiger partial charge < -0.3 is 24.3 Å². The highest BCUT2D eigenvalue weighted by Gasteiger charge is 2.35. The molecule has 1 amide bonds. The third-order valence-corrected chi connectivity index (χ3v) is 7.64. The lowest BCUT2D eigenvalue weighted by atomic mass is 9.76. The van der Waals surface area contributed by atoms with Gasteiger partial charge in [-0.05, 0) is 59.7 Å². The van der Waals surface area contributed by atoms with Crippen molar-refractivity contribution in [2.45, 2.75) is 38.4 Å². The molecule has 2 aliphatic rings. The summed E-state index contributed by atoms with van der Waals surface area (Å²) in [6.45, 7) is 5.79. The van der Waals surface area contributed by atoms with Crippen LogP contribution in [0.3, 0.4) is 0 Å². The number of carbonyl (C=O) groups excluding carboxylic acids is 1. The molecule has 0 aromatic heterocycles. The molecule has 200 valence electrons. The molecule has 1 unspecified atom stereocenters. The van der Waals surface area contributed by atoms with Crippen LogP contribution >= 0.6 is 11.6 Å². The van der Waals surface area contributed by atoms with Crippen LogP contribution in [-0.2, 0) is 9.53 Å². The van der Waals surface area contributed by atoms with Crippen molar-refractivity contribution in [3.05, 3.63) is 88.9 Å². The molecule has 0 bridgehead atoms. The minimum Gasteiger partial charge on any atom is -0.486 e. The molecule has 3 aromatic rings. The zero-order chi connectivity index (χ0) is 26.5. The summed E-state index contributed by atoms with van der Waals surface area (Å²) in [6, 6.07) is 23.4. The SMILES string of the molecule is CC(C)[C@@H]1C[C@H](c2ccccc2Cl)CO[C@H]1c1ccc(OCC(=O)NCC2COc3ccccc3O2)cc1. The molecule has 2 heterocycles. The highest BCUT2D eigenvalue weighted by Crippen LogP contribution is 2.44. The van der Waals surface area contributed by atoms with E-state index in [0.29, 0.717) is 43.1 Å². The van der Waals surface area contributed by atoms with Crippen LogP contribution < -0.4 is 19.5 Å². The molecule has 0 aliphatic carbocycles. The van der Waals surface area contributed by atoms with Crippen molar-refractivity contribution in [3.8, 4) is 17.2 Å². The molecule has 0 spiro atoms. The van der Waals surface area contributed by atoms with Crippen molar-refractivity contribution >= 4 is 17.5 Å². The second kappa shape index (κ2) is 12.1. The molecule has 4 atom stereocenters. The first kappa shape index (κ1) is 26.4. The number of para-hydroxylation sites is 2. The number of benzene rings is 3. The zero-order valence-electron chi connectivity index (χ0n) is 21.8. The summed E-state index contributed by atoms with van der Waals surface area (Å²) in [5.74, 6) is 2.95. The maximum Gasteiger partial charge on any atom is 0.258 e. The van der Waals surface area contributed by atoms with E-state index in [9.17, 15) is 4.79 Å². The predicted molar refractivity (Wildman–Crippen MR) is 147 cm³/mol. The molecule has 6 nitrogen and oxygen atoms in total. The van der Waals surface area contributed by atoms with Crippen LogP contribution in [0.1, 0.15) is 43.4 Å². The van der Waals surface area contributed by atoms with E-state index in [1.54, 1.807) is 0 Å². The van der Waals surface area contributed by atoms with Crippen LogP contribution in [0.25, 0.3) is 0 Å². The van der Waals surface area contributed by atoms with E-state index in [4.69, 9.17) is 30.5 Å². The van der Waals surface area contributed by atoms with Crippen molar-refractivity contribution in [2.75, 3.05) is 26.4 Å². The van der Waals surface area contributed by atoms with Gasteiger partial charge in [-0.2, -0.15) is 0 Å². The zero-order valence-corrected chi connectivity index (χ0v) is 22.5. The van der Waals surface area contributed by atoms with Gasteiger partial charge in [0.15, 0.2) is 18.1 Å². The molecule has 2 aliphatic heterocycles. The van der Waals surface area contributed by atoms with Gasteiger partial charge >= 0.3 is 0 Å². The quantitative estimate of drug-likeness (QED) is 0.372. The Morgan fingerprint density at radius 1 is 1.00 bits per heavy atom. The van der Waals surface area contributed by atoms with Crippen molar-refractivity contribution in [3.63, 3.8) is 0 Å². The van der Waals surface area contributed by atoms with Gasteiger partial charge in [-0.15, -0.1) is 0 Å². The Kier molecular flexibility index (Phi) is 8.40. The van der Waals surface area contributed by atoms with Crippen LogP contribution in [-0.4, -0.2) is 38.4 Å². The number of nitrogens with one attached hydrogen (secondary N) is 1. The van der Waals surface area contributed by atoms with Crippen LogP contribution in [0.5, 0.6) is 17.2 Å². The molecule has 0 saturated carbocycles. The molecule has 5 rings (SSSR count). The van der Waals surface area contributed by atoms with Crippen LogP contribution in [0, 0.1) is 11.8 Å². The monoisotopic (exact) mass is 535 g/mol. The van der Waals surface area contributed by atoms with Gasteiger partial charge in [-0.1, -0.05) is 67.9 Å². The molecular formula is C31H34ClNO5. The largest absolute Gasteiger partial charge is 0.486 e. The van der Waals surface area contributed by atoms with E-state index < -0.39 is 0 Å². The number of amides is 1. The first-order valence-electron chi connectivity index (χ1n) is 13.2. The molecule has 1 fully saturated rings. The summed E-state index contributed by atoms with van der Waals surface area (Å²) in [6.07, 6.45) is 0.787. The highest BCUT2D eigenvalue weighted by atomic mass is 35.5. The Hall–Kier alpha value is -3.22. The minimum atomic E-state index is -0.241. The van der Waals surface area contributed by atoms with Gasteiger partial charge in [-0.3, -0.25) is 4.79 Å². The number of halogens is 1. The average molecular weight is 536 g/mol. The van der Waals surface area contributed by atoms with E-state index in [2.05, 4.69) is 25.2 Å². The van der Waals surface area contributed by atoms with Gasteiger partial charge in [-0.25, -0.2) is 0 Å². The molecule has 0 radical (unpaired) electrons. The van der Waals surface area contributed by atoms with Crippen molar-refractivity contribution in [1.82, 2.24) is 5.32 Å². The molecule has 1 saturated heterocycles. The highest BCUT2D eigenvalue weighted by molar-refractivity contribution is 6.31. The van der Waals surface area contributed by atoms with Crippen LogP contribution in [0.15, 0.2) is 72.8 Å². The lowest BCUT2D eigenvalue weighted by Gasteiger charge is -2.39. The van der Waals surface area contributed by atoms with E-state index in [1.807, 2.05) is 66.7 Å². The van der Waals surface area contributed by atoms with Crippen molar-refractivity contribution in [2.24, 2.45) is 11.8 Å². The molecule has 7 heteroatoms. The second-order valence-electron chi connectivity index (χ2n) is 10.3.